The lowest BCUT2D eigenvalue weighted by atomic mass is 10.1. The molecule has 134 valence electrons. The predicted octanol–water partition coefficient (Wildman–Crippen LogP) is 4.23. The van der Waals surface area contributed by atoms with Gasteiger partial charge in [0.05, 0.1) is 22.6 Å². The minimum Gasteiger partial charge on any atom is -0.444 e. The summed E-state index contributed by atoms with van der Waals surface area (Å²) in [4.78, 5) is 13.4. The van der Waals surface area contributed by atoms with Gasteiger partial charge in [-0.05, 0) is 45.7 Å². The van der Waals surface area contributed by atoms with E-state index in [0.29, 0.717) is 0 Å². The van der Waals surface area contributed by atoms with Gasteiger partial charge in [0, 0.05) is 13.1 Å². The summed E-state index contributed by atoms with van der Waals surface area (Å²) in [6.07, 6.45) is -3.62. The van der Waals surface area contributed by atoms with Gasteiger partial charge in [-0.2, -0.15) is 13.2 Å². The van der Waals surface area contributed by atoms with Crippen molar-refractivity contribution < 1.29 is 22.7 Å². The number of halogens is 3. The zero-order chi connectivity index (χ0) is 18.3. The molecule has 1 saturated carbocycles. The first-order valence-electron chi connectivity index (χ1n) is 7.62. The second-order valence-corrected chi connectivity index (χ2v) is 6.92. The van der Waals surface area contributed by atoms with Crippen molar-refractivity contribution >= 4 is 23.2 Å². The van der Waals surface area contributed by atoms with Gasteiger partial charge in [0.2, 0.25) is 0 Å². The highest BCUT2D eigenvalue weighted by atomic mass is 19.4. The smallest absolute Gasteiger partial charge is 0.418 e. The first kappa shape index (κ1) is 18.2. The van der Waals surface area contributed by atoms with Crippen molar-refractivity contribution in [3.05, 3.63) is 17.7 Å². The third-order valence-corrected chi connectivity index (χ3v) is 3.58. The topological polar surface area (TPSA) is 67.6 Å². The molecule has 0 aromatic heterocycles. The SMILES string of the molecule is CN(c1cc(NC(=O)OC(C)(C)C)c(N)cc1C(F)(F)F)C1CC1. The second-order valence-electron chi connectivity index (χ2n) is 6.92. The van der Waals surface area contributed by atoms with Crippen LogP contribution in [0, 0.1) is 0 Å². The van der Waals surface area contributed by atoms with Gasteiger partial charge in [0.15, 0.2) is 0 Å². The van der Waals surface area contributed by atoms with Crippen LogP contribution in [0.1, 0.15) is 39.2 Å². The Hall–Kier alpha value is -2.12. The minimum absolute atomic E-state index is 0.00902. The quantitative estimate of drug-likeness (QED) is 0.805. The van der Waals surface area contributed by atoms with Gasteiger partial charge in [-0.25, -0.2) is 4.79 Å². The molecule has 1 aromatic rings. The van der Waals surface area contributed by atoms with E-state index < -0.39 is 23.4 Å². The summed E-state index contributed by atoms with van der Waals surface area (Å²) in [5.74, 6) is 0. The molecule has 1 aromatic carbocycles. The molecular weight excluding hydrogens is 323 g/mol. The number of hydrogen-bond donors (Lipinski definition) is 2. The van der Waals surface area contributed by atoms with Crippen LogP contribution < -0.4 is 16.0 Å². The number of hydrogen-bond acceptors (Lipinski definition) is 4. The van der Waals surface area contributed by atoms with Gasteiger partial charge < -0.3 is 15.4 Å². The Morgan fingerprint density at radius 1 is 1.29 bits per heavy atom. The number of nitrogens with zero attached hydrogens (tertiary/aromatic N) is 1. The summed E-state index contributed by atoms with van der Waals surface area (Å²) in [6, 6.07) is 2.17. The van der Waals surface area contributed by atoms with Gasteiger partial charge in [0.1, 0.15) is 5.60 Å². The van der Waals surface area contributed by atoms with Crippen molar-refractivity contribution in [2.75, 3.05) is 23.0 Å². The van der Waals surface area contributed by atoms with Crippen LogP contribution in [0.25, 0.3) is 0 Å². The third-order valence-electron chi connectivity index (χ3n) is 3.58. The zero-order valence-electron chi connectivity index (χ0n) is 14.1. The van der Waals surface area contributed by atoms with Crippen LogP contribution in [0.2, 0.25) is 0 Å². The molecular formula is C16H22F3N3O2. The fraction of sp³-hybridized carbons (Fsp3) is 0.562. The summed E-state index contributed by atoms with van der Waals surface area (Å²) in [7, 11) is 1.61. The maximum Gasteiger partial charge on any atom is 0.418 e. The molecule has 5 nitrogen and oxygen atoms in total. The molecule has 0 atom stereocenters. The number of amides is 1. The molecule has 2 rings (SSSR count). The molecule has 8 heteroatoms. The lowest BCUT2D eigenvalue weighted by molar-refractivity contribution is -0.137. The van der Waals surface area contributed by atoms with Crippen molar-refractivity contribution in [2.24, 2.45) is 0 Å². The van der Waals surface area contributed by atoms with Gasteiger partial charge in [-0.3, -0.25) is 5.32 Å². The summed E-state index contributed by atoms with van der Waals surface area (Å²) < 4.78 is 45.0. The second kappa shape index (κ2) is 6.07. The van der Waals surface area contributed by atoms with E-state index in [1.165, 1.54) is 6.07 Å². The predicted molar refractivity (Wildman–Crippen MR) is 87.1 cm³/mol. The van der Waals surface area contributed by atoms with Crippen LogP contribution in [0.4, 0.5) is 35.0 Å². The maximum absolute atomic E-state index is 13.3. The highest BCUT2D eigenvalue weighted by molar-refractivity contribution is 5.91. The van der Waals surface area contributed by atoms with E-state index in [0.717, 1.165) is 18.9 Å². The number of nitrogen functional groups attached to an aromatic ring is 1. The number of rotatable bonds is 3. The maximum atomic E-state index is 13.3. The molecule has 1 amide bonds. The van der Waals surface area contributed by atoms with Crippen LogP contribution in [0.15, 0.2) is 12.1 Å². The number of alkyl halides is 3. The number of anilines is 3. The Labute approximate surface area is 138 Å². The normalized spacial score (nSPS) is 15.1. The van der Waals surface area contributed by atoms with E-state index in [9.17, 15) is 18.0 Å². The average Bonchev–Trinajstić information content (AvgIpc) is 3.20. The number of carbonyl (C=O) groups is 1. The van der Waals surface area contributed by atoms with E-state index in [1.807, 2.05) is 0 Å². The van der Waals surface area contributed by atoms with E-state index in [4.69, 9.17) is 10.5 Å². The van der Waals surface area contributed by atoms with E-state index >= 15 is 0 Å². The van der Waals surface area contributed by atoms with Crippen molar-refractivity contribution in [1.82, 2.24) is 0 Å². The highest BCUT2D eigenvalue weighted by Gasteiger charge is 2.38. The van der Waals surface area contributed by atoms with Crippen LogP contribution in [-0.4, -0.2) is 24.8 Å². The van der Waals surface area contributed by atoms with Crippen LogP contribution >= 0.6 is 0 Å². The number of nitrogens with two attached hydrogens (primary N) is 1. The fourth-order valence-corrected chi connectivity index (χ4v) is 2.30. The summed E-state index contributed by atoms with van der Waals surface area (Å²) in [5.41, 5.74) is 4.08. The van der Waals surface area contributed by atoms with E-state index in [-0.39, 0.29) is 23.1 Å². The van der Waals surface area contributed by atoms with E-state index in [2.05, 4.69) is 5.32 Å². The molecule has 0 spiro atoms. The Balaban J connectivity index is 2.36. The van der Waals surface area contributed by atoms with Gasteiger partial charge in [0.25, 0.3) is 0 Å². The van der Waals surface area contributed by atoms with Gasteiger partial charge >= 0.3 is 12.3 Å². The molecule has 1 fully saturated rings. The first-order chi connectivity index (χ1) is 10.9. The minimum atomic E-state index is -4.53. The molecule has 0 heterocycles. The van der Waals surface area contributed by atoms with Gasteiger partial charge in [-0.1, -0.05) is 0 Å². The molecule has 1 aliphatic rings. The molecule has 24 heavy (non-hydrogen) atoms. The number of nitrogens with one attached hydrogen (secondary N) is 1. The summed E-state index contributed by atoms with van der Waals surface area (Å²) >= 11 is 0. The fourth-order valence-electron chi connectivity index (χ4n) is 2.30. The molecule has 0 radical (unpaired) electrons. The van der Waals surface area contributed by atoms with Crippen molar-refractivity contribution in [1.29, 1.82) is 0 Å². The molecule has 0 aliphatic heterocycles. The van der Waals surface area contributed by atoms with Crippen molar-refractivity contribution in [3.63, 3.8) is 0 Å². The van der Waals surface area contributed by atoms with Crippen molar-refractivity contribution in [2.45, 2.75) is 51.4 Å². The largest absolute Gasteiger partial charge is 0.444 e. The van der Waals surface area contributed by atoms with Crippen molar-refractivity contribution in [3.8, 4) is 0 Å². The zero-order valence-corrected chi connectivity index (χ0v) is 14.1. The standard InChI is InChI=1S/C16H22F3N3O2/c1-15(2,3)24-14(23)21-12-8-13(22(4)9-5-6-9)10(7-11(12)20)16(17,18)19/h7-9H,5-6,20H2,1-4H3,(H,21,23). The van der Waals surface area contributed by atoms with Gasteiger partial charge in [-0.15, -0.1) is 0 Å². The van der Waals surface area contributed by atoms with Crippen LogP contribution in [0.3, 0.4) is 0 Å². The molecule has 0 saturated heterocycles. The lowest BCUT2D eigenvalue weighted by Gasteiger charge is -2.25. The Morgan fingerprint density at radius 3 is 2.33 bits per heavy atom. The van der Waals surface area contributed by atoms with Crippen LogP contribution in [0.5, 0.6) is 0 Å². The monoisotopic (exact) mass is 345 g/mol. The van der Waals surface area contributed by atoms with Crippen LogP contribution in [-0.2, 0) is 10.9 Å². The highest BCUT2D eigenvalue weighted by Crippen LogP contribution is 2.43. The number of carbonyl (C=O) groups excluding carboxylic acids is 1. The Bertz CT molecular complexity index is 635. The van der Waals surface area contributed by atoms with E-state index in [1.54, 1.807) is 32.7 Å². The Kier molecular flexibility index (Phi) is 4.61. The molecule has 1 aliphatic carbocycles. The summed E-state index contributed by atoms with van der Waals surface area (Å²) in [6.45, 7) is 5.07. The molecule has 3 N–H and O–H groups in total. The third kappa shape index (κ3) is 4.46. The molecule has 0 unspecified atom stereocenters. The first-order valence-corrected chi connectivity index (χ1v) is 7.62. The lowest BCUT2D eigenvalue weighted by Crippen LogP contribution is -2.28. The average molecular weight is 345 g/mol. The summed E-state index contributed by atoms with van der Waals surface area (Å²) in [5, 5.41) is 2.42. The number of ether oxygens (including phenoxy) is 1. The Morgan fingerprint density at radius 2 is 1.88 bits per heavy atom. The number of benzene rings is 1. The molecule has 0 bridgehead atoms.